The van der Waals surface area contributed by atoms with Crippen molar-refractivity contribution in [2.24, 2.45) is 0 Å². The Morgan fingerprint density at radius 1 is 1.14 bits per heavy atom. The highest BCUT2D eigenvalue weighted by Gasteiger charge is 2.16. The minimum absolute atomic E-state index is 0.172. The van der Waals surface area contributed by atoms with Crippen LogP contribution in [0.4, 0.5) is 4.39 Å². The zero-order valence-corrected chi connectivity index (χ0v) is 14.3. The summed E-state index contributed by atoms with van der Waals surface area (Å²) < 4.78 is 14.1. The second kappa shape index (κ2) is 7.19. The van der Waals surface area contributed by atoms with Gasteiger partial charge in [0.1, 0.15) is 5.82 Å². The summed E-state index contributed by atoms with van der Waals surface area (Å²) in [5.74, 6) is -0.215. The Bertz CT molecular complexity index is 625. The van der Waals surface area contributed by atoms with E-state index in [4.69, 9.17) is 0 Å². The molecular formula is C18H21BrFN. The summed E-state index contributed by atoms with van der Waals surface area (Å²) >= 11 is 3.48. The Morgan fingerprint density at radius 3 is 2.57 bits per heavy atom. The first-order chi connectivity index (χ1) is 10.0. The summed E-state index contributed by atoms with van der Waals surface area (Å²) in [6.07, 6.45) is 0.894. The lowest BCUT2D eigenvalue weighted by atomic mass is 9.95. The minimum Gasteiger partial charge on any atom is -0.310 e. The molecule has 0 aliphatic carbocycles. The van der Waals surface area contributed by atoms with Crippen molar-refractivity contribution in [1.82, 2.24) is 5.32 Å². The first-order valence-corrected chi connectivity index (χ1v) is 8.05. The van der Waals surface area contributed by atoms with Crippen LogP contribution in [0.3, 0.4) is 0 Å². The number of nitrogens with one attached hydrogen (secondary N) is 1. The molecule has 1 N–H and O–H groups in total. The molecule has 0 bridgehead atoms. The third-order valence-corrected chi connectivity index (χ3v) is 4.40. The fraction of sp³-hybridized carbons (Fsp3) is 0.333. The van der Waals surface area contributed by atoms with Gasteiger partial charge in [-0.05, 0) is 55.6 Å². The molecule has 0 aromatic heterocycles. The maximum Gasteiger partial charge on any atom is 0.124 e. The highest BCUT2D eigenvalue weighted by atomic mass is 79.9. The second-order valence-corrected chi connectivity index (χ2v) is 6.26. The SMILES string of the molecule is CCNC(Cc1cc(C)ccc1C)c1ccc(F)cc1Br. The predicted octanol–water partition coefficient (Wildman–Crippen LogP) is 5.10. The van der Waals surface area contributed by atoms with Crippen molar-refractivity contribution in [2.45, 2.75) is 33.2 Å². The average molecular weight is 350 g/mol. The van der Waals surface area contributed by atoms with E-state index in [1.54, 1.807) is 0 Å². The predicted molar refractivity (Wildman–Crippen MR) is 90.1 cm³/mol. The molecule has 2 aromatic rings. The van der Waals surface area contributed by atoms with E-state index in [-0.39, 0.29) is 11.9 Å². The molecule has 0 radical (unpaired) electrons. The standard InChI is InChI=1S/C18H21BrFN/c1-4-21-18(16-8-7-15(20)11-17(16)19)10-14-9-12(2)5-6-13(14)3/h5-9,11,18,21H,4,10H2,1-3H3. The third kappa shape index (κ3) is 4.14. The van der Waals surface area contributed by atoms with E-state index in [1.165, 1.54) is 28.8 Å². The van der Waals surface area contributed by atoms with Gasteiger partial charge in [-0.3, -0.25) is 0 Å². The van der Waals surface area contributed by atoms with Crippen LogP contribution in [0.25, 0.3) is 0 Å². The molecule has 0 amide bonds. The maximum atomic E-state index is 13.3. The van der Waals surface area contributed by atoms with E-state index in [9.17, 15) is 4.39 Å². The van der Waals surface area contributed by atoms with Crippen molar-refractivity contribution in [3.63, 3.8) is 0 Å². The van der Waals surface area contributed by atoms with E-state index in [2.05, 4.69) is 60.2 Å². The fourth-order valence-electron chi connectivity index (χ4n) is 2.56. The topological polar surface area (TPSA) is 12.0 Å². The van der Waals surface area contributed by atoms with Gasteiger partial charge in [0, 0.05) is 10.5 Å². The summed E-state index contributed by atoms with van der Waals surface area (Å²) in [4.78, 5) is 0. The molecule has 21 heavy (non-hydrogen) atoms. The van der Waals surface area contributed by atoms with Crippen LogP contribution in [0, 0.1) is 19.7 Å². The third-order valence-electron chi connectivity index (χ3n) is 3.72. The number of hydrogen-bond donors (Lipinski definition) is 1. The molecule has 2 aromatic carbocycles. The van der Waals surface area contributed by atoms with Crippen molar-refractivity contribution in [3.8, 4) is 0 Å². The molecule has 0 aliphatic heterocycles. The van der Waals surface area contributed by atoms with Gasteiger partial charge in [0.25, 0.3) is 0 Å². The number of benzene rings is 2. The number of rotatable bonds is 5. The lowest BCUT2D eigenvalue weighted by Gasteiger charge is -2.21. The van der Waals surface area contributed by atoms with Gasteiger partial charge >= 0.3 is 0 Å². The van der Waals surface area contributed by atoms with Crippen LogP contribution in [0.1, 0.15) is 35.2 Å². The van der Waals surface area contributed by atoms with Gasteiger partial charge in [-0.25, -0.2) is 4.39 Å². The van der Waals surface area contributed by atoms with Crippen molar-refractivity contribution in [2.75, 3.05) is 6.54 Å². The summed E-state index contributed by atoms with van der Waals surface area (Å²) in [6.45, 7) is 7.21. The lowest BCUT2D eigenvalue weighted by Crippen LogP contribution is -2.23. The van der Waals surface area contributed by atoms with E-state index >= 15 is 0 Å². The molecular weight excluding hydrogens is 329 g/mol. The monoisotopic (exact) mass is 349 g/mol. The van der Waals surface area contributed by atoms with Crippen molar-refractivity contribution >= 4 is 15.9 Å². The van der Waals surface area contributed by atoms with Crippen LogP contribution in [0.5, 0.6) is 0 Å². The molecule has 2 rings (SSSR count). The van der Waals surface area contributed by atoms with Crippen LogP contribution in [0.15, 0.2) is 40.9 Å². The Hall–Kier alpha value is -1.19. The molecule has 0 saturated carbocycles. The maximum absolute atomic E-state index is 13.3. The summed E-state index contributed by atoms with van der Waals surface area (Å²) in [6, 6.07) is 11.6. The molecule has 0 spiro atoms. The molecule has 0 saturated heterocycles. The van der Waals surface area contributed by atoms with Crippen molar-refractivity contribution in [3.05, 3.63) is 68.9 Å². The van der Waals surface area contributed by atoms with E-state index < -0.39 is 0 Å². The van der Waals surface area contributed by atoms with Crippen molar-refractivity contribution in [1.29, 1.82) is 0 Å². The first kappa shape index (κ1) is 16.2. The van der Waals surface area contributed by atoms with Gasteiger partial charge in [0.05, 0.1) is 0 Å². The molecule has 3 heteroatoms. The minimum atomic E-state index is -0.215. The highest BCUT2D eigenvalue weighted by Crippen LogP contribution is 2.28. The number of aryl methyl sites for hydroxylation is 2. The lowest BCUT2D eigenvalue weighted by molar-refractivity contribution is 0.544. The van der Waals surface area contributed by atoms with Crippen LogP contribution >= 0.6 is 15.9 Å². The zero-order valence-electron chi connectivity index (χ0n) is 12.7. The summed E-state index contributed by atoms with van der Waals surface area (Å²) in [7, 11) is 0. The Morgan fingerprint density at radius 2 is 1.90 bits per heavy atom. The quantitative estimate of drug-likeness (QED) is 0.791. The van der Waals surface area contributed by atoms with E-state index in [1.807, 2.05) is 6.07 Å². The summed E-state index contributed by atoms with van der Waals surface area (Å²) in [5, 5.41) is 3.50. The first-order valence-electron chi connectivity index (χ1n) is 7.25. The Kier molecular flexibility index (Phi) is 5.54. The van der Waals surface area contributed by atoms with Crippen LogP contribution in [-0.2, 0) is 6.42 Å². The van der Waals surface area contributed by atoms with Gasteiger partial charge in [-0.15, -0.1) is 0 Å². The fourth-order valence-corrected chi connectivity index (χ4v) is 3.19. The van der Waals surface area contributed by atoms with Gasteiger partial charge < -0.3 is 5.32 Å². The number of hydrogen-bond acceptors (Lipinski definition) is 1. The molecule has 0 aliphatic rings. The summed E-state index contributed by atoms with van der Waals surface area (Å²) in [5.41, 5.74) is 4.99. The van der Waals surface area contributed by atoms with E-state index in [0.29, 0.717) is 0 Å². The van der Waals surface area contributed by atoms with Gasteiger partial charge in [-0.2, -0.15) is 0 Å². The van der Waals surface area contributed by atoms with Gasteiger partial charge in [0.2, 0.25) is 0 Å². The smallest absolute Gasteiger partial charge is 0.124 e. The molecule has 1 atom stereocenters. The Labute approximate surface area is 134 Å². The molecule has 0 heterocycles. The van der Waals surface area contributed by atoms with Crippen LogP contribution in [0.2, 0.25) is 0 Å². The normalized spacial score (nSPS) is 12.4. The van der Waals surface area contributed by atoms with Gasteiger partial charge in [0.15, 0.2) is 0 Å². The highest BCUT2D eigenvalue weighted by molar-refractivity contribution is 9.10. The van der Waals surface area contributed by atoms with Crippen LogP contribution < -0.4 is 5.32 Å². The Balaban J connectivity index is 2.32. The molecule has 1 unspecified atom stereocenters. The molecule has 0 fully saturated rings. The van der Waals surface area contributed by atoms with E-state index in [0.717, 1.165) is 23.0 Å². The number of halogens is 2. The number of likely N-dealkylation sites (N-methyl/N-ethyl adjacent to an activating group) is 1. The van der Waals surface area contributed by atoms with Crippen molar-refractivity contribution < 1.29 is 4.39 Å². The van der Waals surface area contributed by atoms with Crippen LogP contribution in [-0.4, -0.2) is 6.54 Å². The molecule has 112 valence electrons. The van der Waals surface area contributed by atoms with Gasteiger partial charge in [-0.1, -0.05) is 52.7 Å². The largest absolute Gasteiger partial charge is 0.310 e. The molecule has 1 nitrogen and oxygen atoms in total. The zero-order chi connectivity index (χ0) is 15.4. The average Bonchev–Trinajstić information content (AvgIpc) is 2.42. The second-order valence-electron chi connectivity index (χ2n) is 5.41.